The van der Waals surface area contributed by atoms with E-state index in [2.05, 4.69) is 0 Å². The minimum absolute atomic E-state index is 0.0983. The van der Waals surface area contributed by atoms with Gasteiger partial charge in [-0.15, -0.1) is 0 Å². The predicted molar refractivity (Wildman–Crippen MR) is 105 cm³/mol. The summed E-state index contributed by atoms with van der Waals surface area (Å²) in [6.45, 7) is 0.182. The summed E-state index contributed by atoms with van der Waals surface area (Å²) >= 11 is 0. The second kappa shape index (κ2) is 7.56. The lowest BCUT2D eigenvalue weighted by molar-refractivity contribution is 0.297. The topological polar surface area (TPSA) is 48.7 Å². The minimum Gasteiger partial charge on any atom is -0.497 e. The Morgan fingerprint density at radius 1 is 0.929 bits per heavy atom. The van der Waals surface area contributed by atoms with Crippen molar-refractivity contribution in [2.24, 2.45) is 0 Å². The summed E-state index contributed by atoms with van der Waals surface area (Å²) in [7, 11) is 1.60. The predicted octanol–water partition coefficient (Wildman–Crippen LogP) is 5.19. The summed E-state index contributed by atoms with van der Waals surface area (Å²) in [5.74, 6) is 0.742. The van der Waals surface area contributed by atoms with Gasteiger partial charge in [-0.3, -0.25) is 4.79 Å². The molecule has 0 aliphatic carbocycles. The van der Waals surface area contributed by atoms with Gasteiger partial charge < -0.3 is 13.9 Å². The number of fused-ring (bicyclic) bond motifs is 1. The van der Waals surface area contributed by atoms with Crippen LogP contribution in [-0.2, 0) is 6.61 Å². The molecule has 4 rings (SSSR count). The Bertz CT molecular complexity index is 1160. The molecule has 1 heterocycles. The zero-order valence-corrected chi connectivity index (χ0v) is 15.1. The molecule has 0 aliphatic heterocycles. The Balaban J connectivity index is 1.77. The van der Waals surface area contributed by atoms with Crippen molar-refractivity contribution in [1.29, 1.82) is 0 Å². The molecule has 0 spiro atoms. The third kappa shape index (κ3) is 3.47. The Labute approximate surface area is 160 Å². The second-order valence-electron chi connectivity index (χ2n) is 6.23. The summed E-state index contributed by atoms with van der Waals surface area (Å²) in [6, 6.07) is 20.1. The molecule has 0 aliphatic rings. The van der Waals surface area contributed by atoms with E-state index in [-0.39, 0.29) is 29.4 Å². The van der Waals surface area contributed by atoms with Crippen LogP contribution in [0.1, 0.15) is 5.56 Å². The Morgan fingerprint density at radius 3 is 2.36 bits per heavy atom. The van der Waals surface area contributed by atoms with E-state index >= 15 is 0 Å². The molecule has 0 atom stereocenters. The molecule has 5 heteroatoms. The molecule has 0 bridgehead atoms. The van der Waals surface area contributed by atoms with Crippen LogP contribution >= 0.6 is 0 Å². The highest BCUT2D eigenvalue weighted by atomic mass is 19.1. The van der Waals surface area contributed by atoms with Crippen molar-refractivity contribution in [2.75, 3.05) is 7.11 Å². The summed E-state index contributed by atoms with van der Waals surface area (Å²) < 4.78 is 30.3. The average Bonchev–Trinajstić information content (AvgIpc) is 2.74. The molecule has 28 heavy (non-hydrogen) atoms. The first-order chi connectivity index (χ1) is 13.7. The SMILES string of the molecule is COc1ccc(COc2c(-c3ccc(F)cc3)oc3ccccc3c2=O)cc1. The van der Waals surface area contributed by atoms with Crippen LogP contribution in [0.5, 0.6) is 11.5 Å². The summed E-state index contributed by atoms with van der Waals surface area (Å²) in [6.07, 6.45) is 0. The maximum absolute atomic E-state index is 13.3. The third-order valence-electron chi connectivity index (χ3n) is 4.40. The first kappa shape index (κ1) is 17.8. The van der Waals surface area contributed by atoms with Crippen molar-refractivity contribution < 1.29 is 18.3 Å². The van der Waals surface area contributed by atoms with Crippen molar-refractivity contribution in [2.45, 2.75) is 6.61 Å². The van der Waals surface area contributed by atoms with E-state index in [9.17, 15) is 9.18 Å². The van der Waals surface area contributed by atoms with Crippen LogP contribution in [0.2, 0.25) is 0 Å². The van der Waals surface area contributed by atoms with E-state index in [4.69, 9.17) is 13.9 Å². The van der Waals surface area contributed by atoms with Gasteiger partial charge in [0.05, 0.1) is 12.5 Å². The molecule has 1 aromatic heterocycles. The number of hydrogen-bond acceptors (Lipinski definition) is 4. The molecule has 0 unspecified atom stereocenters. The molecule has 0 fully saturated rings. The fraction of sp³-hybridized carbons (Fsp3) is 0.0870. The number of ether oxygens (including phenoxy) is 2. The fourth-order valence-electron chi connectivity index (χ4n) is 2.92. The van der Waals surface area contributed by atoms with E-state index < -0.39 is 0 Å². The highest BCUT2D eigenvalue weighted by Crippen LogP contribution is 2.31. The van der Waals surface area contributed by atoms with Gasteiger partial charge in [-0.1, -0.05) is 24.3 Å². The van der Waals surface area contributed by atoms with Gasteiger partial charge in [-0.2, -0.15) is 0 Å². The number of methoxy groups -OCH3 is 1. The number of para-hydroxylation sites is 1. The van der Waals surface area contributed by atoms with Crippen LogP contribution in [0, 0.1) is 5.82 Å². The van der Waals surface area contributed by atoms with Crippen LogP contribution in [0.25, 0.3) is 22.3 Å². The molecule has 0 amide bonds. The van der Waals surface area contributed by atoms with Crippen LogP contribution in [0.3, 0.4) is 0 Å². The molecular weight excluding hydrogens is 359 g/mol. The van der Waals surface area contributed by atoms with Crippen molar-refractivity contribution >= 4 is 11.0 Å². The quantitative estimate of drug-likeness (QED) is 0.481. The van der Waals surface area contributed by atoms with Gasteiger partial charge in [0.2, 0.25) is 11.2 Å². The fourth-order valence-corrected chi connectivity index (χ4v) is 2.92. The molecule has 0 saturated heterocycles. The van der Waals surface area contributed by atoms with Crippen molar-refractivity contribution in [3.63, 3.8) is 0 Å². The van der Waals surface area contributed by atoms with Gasteiger partial charge in [0, 0.05) is 5.56 Å². The standard InChI is InChI=1S/C23H17FO4/c1-26-18-12-6-15(7-13-18)14-27-23-21(25)19-4-2-3-5-20(19)28-22(23)16-8-10-17(24)11-9-16/h2-13H,14H2,1H3. The zero-order chi connectivity index (χ0) is 19.5. The van der Waals surface area contributed by atoms with Gasteiger partial charge in [0.25, 0.3) is 0 Å². The lowest BCUT2D eigenvalue weighted by Gasteiger charge is -2.12. The van der Waals surface area contributed by atoms with Gasteiger partial charge in [0.15, 0.2) is 5.76 Å². The molecule has 0 N–H and O–H groups in total. The average molecular weight is 376 g/mol. The van der Waals surface area contributed by atoms with Crippen LogP contribution in [0.15, 0.2) is 82.0 Å². The lowest BCUT2D eigenvalue weighted by atomic mass is 10.1. The Kier molecular flexibility index (Phi) is 4.81. The normalized spacial score (nSPS) is 10.8. The number of hydrogen-bond donors (Lipinski definition) is 0. The third-order valence-corrected chi connectivity index (χ3v) is 4.40. The van der Waals surface area contributed by atoms with Crippen LogP contribution in [0.4, 0.5) is 4.39 Å². The van der Waals surface area contributed by atoms with E-state index in [1.165, 1.54) is 12.1 Å². The van der Waals surface area contributed by atoms with Crippen LogP contribution < -0.4 is 14.9 Å². The molecular formula is C23H17FO4. The van der Waals surface area contributed by atoms with Gasteiger partial charge in [-0.05, 0) is 54.1 Å². The van der Waals surface area contributed by atoms with Crippen LogP contribution in [-0.4, -0.2) is 7.11 Å². The minimum atomic E-state index is -0.368. The Hall–Kier alpha value is -3.60. The van der Waals surface area contributed by atoms with Crippen molar-refractivity contribution in [3.8, 4) is 22.8 Å². The summed E-state index contributed by atoms with van der Waals surface area (Å²) in [5.41, 5.74) is 1.62. The van der Waals surface area contributed by atoms with Crippen molar-refractivity contribution in [3.05, 3.63) is 94.4 Å². The van der Waals surface area contributed by atoms with Gasteiger partial charge in [-0.25, -0.2) is 4.39 Å². The summed E-state index contributed by atoms with van der Waals surface area (Å²) in [4.78, 5) is 13.0. The van der Waals surface area contributed by atoms with Gasteiger partial charge >= 0.3 is 0 Å². The van der Waals surface area contributed by atoms with E-state index in [1.54, 1.807) is 43.5 Å². The van der Waals surface area contributed by atoms with Gasteiger partial charge in [0.1, 0.15) is 23.8 Å². The van der Waals surface area contributed by atoms with E-state index in [0.717, 1.165) is 11.3 Å². The first-order valence-electron chi connectivity index (χ1n) is 8.73. The number of halogens is 1. The maximum atomic E-state index is 13.3. The highest BCUT2D eigenvalue weighted by molar-refractivity contribution is 5.81. The number of benzene rings is 3. The van der Waals surface area contributed by atoms with E-state index in [0.29, 0.717) is 16.5 Å². The molecule has 3 aromatic carbocycles. The largest absolute Gasteiger partial charge is 0.497 e. The monoisotopic (exact) mass is 376 g/mol. The number of rotatable bonds is 5. The first-order valence-corrected chi connectivity index (χ1v) is 8.73. The smallest absolute Gasteiger partial charge is 0.235 e. The second-order valence-corrected chi connectivity index (χ2v) is 6.23. The highest BCUT2D eigenvalue weighted by Gasteiger charge is 2.18. The Morgan fingerprint density at radius 2 is 1.64 bits per heavy atom. The lowest BCUT2D eigenvalue weighted by Crippen LogP contribution is -2.10. The maximum Gasteiger partial charge on any atom is 0.235 e. The molecule has 4 aromatic rings. The van der Waals surface area contributed by atoms with E-state index in [1.807, 2.05) is 24.3 Å². The summed E-state index contributed by atoms with van der Waals surface area (Å²) in [5, 5.41) is 0.429. The molecule has 4 nitrogen and oxygen atoms in total. The molecule has 0 radical (unpaired) electrons. The zero-order valence-electron chi connectivity index (χ0n) is 15.1. The van der Waals surface area contributed by atoms with Crippen molar-refractivity contribution in [1.82, 2.24) is 0 Å². The molecule has 140 valence electrons. The molecule has 0 saturated carbocycles.